The molecule has 0 unspecified atom stereocenters. The largest absolute Gasteiger partial charge is 0.383 e. The van der Waals surface area contributed by atoms with Crippen molar-refractivity contribution in [2.75, 3.05) is 20.3 Å². The van der Waals surface area contributed by atoms with Crippen LogP contribution in [-0.4, -0.2) is 40.6 Å². The minimum atomic E-state index is 0.173. The number of imidazole rings is 1. The van der Waals surface area contributed by atoms with Crippen LogP contribution in [0.2, 0.25) is 0 Å². The summed E-state index contributed by atoms with van der Waals surface area (Å²) < 4.78 is 7.37. The molecule has 1 heterocycles. The summed E-state index contributed by atoms with van der Waals surface area (Å²) in [5.41, 5.74) is 2.54. The monoisotopic (exact) mass is 355 g/mol. The fourth-order valence-electron chi connectivity index (χ4n) is 3.68. The lowest BCUT2D eigenvalue weighted by atomic mass is 10.1. The van der Waals surface area contributed by atoms with Gasteiger partial charge in [-0.25, -0.2) is 4.98 Å². The molecule has 2 aromatic rings. The van der Waals surface area contributed by atoms with Crippen LogP contribution in [0, 0.1) is 12.8 Å². The first-order valence-electron chi connectivity index (χ1n) is 9.51. The number of hydrogen-bond donors (Lipinski definition) is 0. The number of aryl methyl sites for hydroxylation is 1. The van der Waals surface area contributed by atoms with Gasteiger partial charge in [-0.3, -0.25) is 4.79 Å². The molecule has 0 radical (unpaired) electrons. The second-order valence-corrected chi connectivity index (χ2v) is 7.13. The summed E-state index contributed by atoms with van der Waals surface area (Å²) in [5.74, 6) is 1.35. The molecule has 1 aliphatic rings. The number of hydrogen-bond acceptors (Lipinski definition) is 3. The minimum Gasteiger partial charge on any atom is -0.383 e. The highest BCUT2D eigenvalue weighted by Crippen LogP contribution is 2.27. The third kappa shape index (κ3) is 4.52. The zero-order valence-electron chi connectivity index (χ0n) is 15.9. The molecular weight excluding hydrogens is 326 g/mol. The summed E-state index contributed by atoms with van der Waals surface area (Å²) in [6, 6.07) is 8.39. The van der Waals surface area contributed by atoms with Gasteiger partial charge in [0.05, 0.1) is 13.2 Å². The van der Waals surface area contributed by atoms with E-state index < -0.39 is 0 Å². The molecule has 0 atom stereocenters. The van der Waals surface area contributed by atoms with Crippen LogP contribution in [0.4, 0.5) is 0 Å². The van der Waals surface area contributed by atoms with Crippen molar-refractivity contribution < 1.29 is 9.53 Å². The van der Waals surface area contributed by atoms with Crippen LogP contribution in [-0.2, 0) is 22.6 Å². The van der Waals surface area contributed by atoms with Gasteiger partial charge in [0, 0.05) is 38.5 Å². The fourth-order valence-corrected chi connectivity index (χ4v) is 3.68. The van der Waals surface area contributed by atoms with Crippen molar-refractivity contribution in [3.63, 3.8) is 0 Å². The summed E-state index contributed by atoms with van der Waals surface area (Å²) in [6.07, 6.45) is 8.17. The topological polar surface area (TPSA) is 47.4 Å². The first-order chi connectivity index (χ1) is 12.7. The van der Waals surface area contributed by atoms with Gasteiger partial charge in [0.2, 0.25) is 5.91 Å². The second-order valence-electron chi connectivity index (χ2n) is 7.13. The van der Waals surface area contributed by atoms with Crippen molar-refractivity contribution in [3.8, 4) is 0 Å². The molecule has 0 spiro atoms. The Balaban J connectivity index is 1.73. The number of amides is 1. The van der Waals surface area contributed by atoms with Gasteiger partial charge < -0.3 is 14.2 Å². The molecule has 1 amide bonds. The summed E-state index contributed by atoms with van der Waals surface area (Å²) in [6.45, 7) is 4.61. The lowest BCUT2D eigenvalue weighted by molar-refractivity contribution is -0.136. The number of nitrogens with zero attached hydrogens (tertiary/aromatic N) is 3. The van der Waals surface area contributed by atoms with Crippen molar-refractivity contribution >= 4 is 5.91 Å². The minimum absolute atomic E-state index is 0.173. The Morgan fingerprint density at radius 1 is 1.31 bits per heavy atom. The molecule has 0 bridgehead atoms. The van der Waals surface area contributed by atoms with Gasteiger partial charge in [-0.1, -0.05) is 37.1 Å². The Morgan fingerprint density at radius 3 is 2.81 bits per heavy atom. The summed E-state index contributed by atoms with van der Waals surface area (Å²) >= 11 is 0. The number of benzene rings is 1. The summed E-state index contributed by atoms with van der Waals surface area (Å²) in [5, 5.41) is 0. The predicted octanol–water partition coefficient (Wildman–Crippen LogP) is 3.41. The number of methoxy groups -OCH3 is 1. The molecule has 3 rings (SSSR count). The molecule has 0 saturated heterocycles. The number of carbonyl (C=O) groups is 1. The molecule has 0 aliphatic heterocycles. The van der Waals surface area contributed by atoms with Crippen LogP contribution in [0.3, 0.4) is 0 Å². The van der Waals surface area contributed by atoms with Crippen molar-refractivity contribution in [1.82, 2.24) is 14.5 Å². The van der Waals surface area contributed by atoms with Gasteiger partial charge in [-0.05, 0) is 30.9 Å². The van der Waals surface area contributed by atoms with Crippen LogP contribution in [0.1, 0.15) is 42.6 Å². The number of carbonyl (C=O) groups excluding carboxylic acids is 1. The molecule has 1 aromatic heterocycles. The third-order valence-corrected chi connectivity index (χ3v) is 5.32. The van der Waals surface area contributed by atoms with E-state index in [0.717, 1.165) is 38.1 Å². The zero-order chi connectivity index (χ0) is 18.4. The van der Waals surface area contributed by atoms with Crippen LogP contribution >= 0.6 is 0 Å². The lowest BCUT2D eigenvalue weighted by Gasteiger charge is -2.25. The molecule has 140 valence electrons. The van der Waals surface area contributed by atoms with Gasteiger partial charge in [0.15, 0.2) is 0 Å². The molecule has 1 aliphatic carbocycles. The lowest BCUT2D eigenvalue weighted by Crippen LogP contribution is -2.38. The Kier molecular flexibility index (Phi) is 6.45. The van der Waals surface area contributed by atoms with Crippen molar-refractivity contribution in [2.45, 2.75) is 45.7 Å². The van der Waals surface area contributed by atoms with E-state index in [9.17, 15) is 4.79 Å². The quantitative estimate of drug-likeness (QED) is 0.729. The summed E-state index contributed by atoms with van der Waals surface area (Å²) in [7, 11) is 1.68. The normalized spacial score (nSPS) is 14.7. The second kappa shape index (κ2) is 8.99. The highest BCUT2D eigenvalue weighted by atomic mass is 16.5. The maximum absolute atomic E-state index is 12.9. The molecule has 26 heavy (non-hydrogen) atoms. The van der Waals surface area contributed by atoms with Crippen LogP contribution in [0.15, 0.2) is 36.7 Å². The van der Waals surface area contributed by atoms with E-state index in [-0.39, 0.29) is 11.8 Å². The highest BCUT2D eigenvalue weighted by molar-refractivity contribution is 5.79. The fraction of sp³-hybridized carbons (Fsp3) is 0.524. The van der Waals surface area contributed by atoms with E-state index in [0.29, 0.717) is 19.7 Å². The van der Waals surface area contributed by atoms with Crippen molar-refractivity contribution in [2.24, 2.45) is 5.92 Å². The highest BCUT2D eigenvalue weighted by Gasteiger charge is 2.27. The number of ether oxygens (including phenoxy) is 1. The Morgan fingerprint density at radius 2 is 2.08 bits per heavy atom. The Hall–Kier alpha value is -2.14. The number of aromatic nitrogens is 2. The predicted molar refractivity (Wildman–Crippen MR) is 102 cm³/mol. The molecule has 5 heteroatoms. The summed E-state index contributed by atoms with van der Waals surface area (Å²) in [4.78, 5) is 19.4. The number of rotatable bonds is 8. The molecule has 1 saturated carbocycles. The zero-order valence-corrected chi connectivity index (χ0v) is 15.9. The van der Waals surface area contributed by atoms with Crippen molar-refractivity contribution in [1.29, 1.82) is 0 Å². The van der Waals surface area contributed by atoms with E-state index in [1.54, 1.807) is 7.11 Å². The Bertz CT molecular complexity index is 720. The van der Waals surface area contributed by atoms with Crippen LogP contribution in [0.5, 0.6) is 0 Å². The Labute approximate surface area is 156 Å². The van der Waals surface area contributed by atoms with E-state index in [1.165, 1.54) is 11.1 Å². The van der Waals surface area contributed by atoms with Gasteiger partial charge >= 0.3 is 0 Å². The maximum atomic E-state index is 12.9. The van der Waals surface area contributed by atoms with E-state index in [1.807, 2.05) is 17.3 Å². The van der Waals surface area contributed by atoms with Crippen LogP contribution in [0.25, 0.3) is 0 Å². The van der Waals surface area contributed by atoms with Gasteiger partial charge in [0.1, 0.15) is 5.82 Å². The van der Waals surface area contributed by atoms with Gasteiger partial charge in [0.25, 0.3) is 0 Å². The molecule has 1 fully saturated rings. The molecule has 1 aromatic carbocycles. The van der Waals surface area contributed by atoms with E-state index in [4.69, 9.17) is 4.74 Å². The standard InChI is InChI=1S/C21H29N3O2/c1-17-7-3-4-10-19(17)15-23-12-11-22-20(23)16-24(13-14-26-2)21(25)18-8-5-6-9-18/h3-4,7,10-12,18H,5-6,8-9,13-16H2,1-2H3. The SMILES string of the molecule is COCCN(Cc1nccn1Cc1ccccc1C)C(=O)C1CCCC1. The maximum Gasteiger partial charge on any atom is 0.226 e. The molecular formula is C21H29N3O2. The third-order valence-electron chi connectivity index (χ3n) is 5.32. The molecule has 0 N–H and O–H groups in total. The van der Waals surface area contributed by atoms with E-state index in [2.05, 4.69) is 40.7 Å². The van der Waals surface area contributed by atoms with Gasteiger partial charge in [-0.15, -0.1) is 0 Å². The molecule has 5 nitrogen and oxygen atoms in total. The smallest absolute Gasteiger partial charge is 0.226 e. The first-order valence-corrected chi connectivity index (χ1v) is 9.51. The van der Waals surface area contributed by atoms with Crippen LogP contribution < -0.4 is 0 Å². The van der Waals surface area contributed by atoms with Gasteiger partial charge in [-0.2, -0.15) is 0 Å². The van der Waals surface area contributed by atoms with E-state index >= 15 is 0 Å². The van der Waals surface area contributed by atoms with Crippen molar-refractivity contribution in [3.05, 3.63) is 53.6 Å². The average molecular weight is 355 g/mol. The first kappa shape index (κ1) is 18.6. The average Bonchev–Trinajstić information content (AvgIpc) is 3.32.